The van der Waals surface area contributed by atoms with Crippen LogP contribution in [0.2, 0.25) is 5.02 Å². The maximum absolute atomic E-state index is 12.9. The van der Waals surface area contributed by atoms with E-state index in [1.54, 1.807) is 48.6 Å². The van der Waals surface area contributed by atoms with E-state index >= 15 is 0 Å². The summed E-state index contributed by atoms with van der Waals surface area (Å²) >= 11 is 5.83. The lowest BCUT2D eigenvalue weighted by Gasteiger charge is -2.01. The summed E-state index contributed by atoms with van der Waals surface area (Å²) in [5.74, 6) is -0.266. The smallest absolute Gasteiger partial charge is 0.343 e. The van der Waals surface area contributed by atoms with Crippen LogP contribution in [0.15, 0.2) is 60.2 Å². The zero-order valence-corrected chi connectivity index (χ0v) is 11.6. The summed E-state index contributed by atoms with van der Waals surface area (Å²) in [6, 6.07) is 12.9. The van der Waals surface area contributed by atoms with Crippen LogP contribution in [0.1, 0.15) is 11.1 Å². The van der Waals surface area contributed by atoms with E-state index in [0.717, 1.165) is 11.1 Å². The first-order valence-corrected chi connectivity index (χ1v) is 6.67. The Bertz CT molecular complexity index is 743. The van der Waals surface area contributed by atoms with Crippen molar-refractivity contribution in [2.24, 2.45) is 0 Å². The van der Waals surface area contributed by atoms with Gasteiger partial charge in [-0.15, -0.1) is 0 Å². The van der Waals surface area contributed by atoms with Crippen molar-refractivity contribution < 1.29 is 13.9 Å². The van der Waals surface area contributed by atoms with Crippen LogP contribution >= 0.6 is 11.6 Å². The summed E-state index contributed by atoms with van der Waals surface area (Å²) in [5.41, 5.74) is 1.93. The Morgan fingerprint density at radius 2 is 1.67 bits per heavy atom. The molecule has 2 aromatic rings. The molecule has 0 unspecified atom stereocenters. The van der Waals surface area contributed by atoms with E-state index in [4.69, 9.17) is 16.3 Å². The number of rotatable bonds is 2. The molecule has 21 heavy (non-hydrogen) atoms. The van der Waals surface area contributed by atoms with Gasteiger partial charge in [0.2, 0.25) is 0 Å². The van der Waals surface area contributed by atoms with Crippen LogP contribution < -0.4 is 0 Å². The molecule has 2 nitrogen and oxygen atoms in total. The second-order valence-corrected chi connectivity index (χ2v) is 4.99. The van der Waals surface area contributed by atoms with Gasteiger partial charge in [-0.1, -0.05) is 23.7 Å². The van der Waals surface area contributed by atoms with Gasteiger partial charge in [-0.05, 0) is 54.1 Å². The normalized spacial score (nSPS) is 16.0. The van der Waals surface area contributed by atoms with Gasteiger partial charge in [0.05, 0.1) is 5.57 Å². The van der Waals surface area contributed by atoms with Gasteiger partial charge in [0.1, 0.15) is 11.6 Å². The predicted molar refractivity (Wildman–Crippen MR) is 79.9 cm³/mol. The van der Waals surface area contributed by atoms with E-state index in [-0.39, 0.29) is 5.82 Å². The number of carbonyl (C=O) groups excluding carboxylic acids is 1. The third-order valence-corrected chi connectivity index (χ3v) is 3.30. The maximum atomic E-state index is 12.9. The largest absolute Gasteiger partial charge is 0.422 e. The van der Waals surface area contributed by atoms with E-state index < -0.39 is 5.97 Å². The first-order chi connectivity index (χ1) is 10.1. The number of ether oxygens (including phenoxy) is 1. The van der Waals surface area contributed by atoms with Crippen LogP contribution in [0.5, 0.6) is 0 Å². The van der Waals surface area contributed by atoms with Crippen molar-refractivity contribution in [1.82, 2.24) is 0 Å². The molecular weight excluding hydrogens is 291 g/mol. The van der Waals surface area contributed by atoms with E-state index in [0.29, 0.717) is 16.4 Å². The lowest BCUT2D eigenvalue weighted by atomic mass is 10.1. The minimum absolute atomic E-state index is 0.316. The lowest BCUT2D eigenvalue weighted by molar-refractivity contribution is -0.130. The molecule has 0 aliphatic carbocycles. The van der Waals surface area contributed by atoms with E-state index in [9.17, 15) is 9.18 Å². The molecule has 2 aromatic carbocycles. The quantitative estimate of drug-likeness (QED) is 0.604. The zero-order valence-electron chi connectivity index (χ0n) is 10.8. The van der Waals surface area contributed by atoms with Gasteiger partial charge in [0, 0.05) is 10.6 Å². The molecule has 1 aliphatic rings. The van der Waals surface area contributed by atoms with Crippen molar-refractivity contribution in [2.45, 2.75) is 0 Å². The zero-order chi connectivity index (χ0) is 14.8. The molecular formula is C17H10ClFO2. The molecule has 1 aliphatic heterocycles. The van der Waals surface area contributed by atoms with Crippen molar-refractivity contribution in [3.05, 3.63) is 82.1 Å². The molecule has 4 heteroatoms. The minimum atomic E-state index is -0.427. The minimum Gasteiger partial charge on any atom is -0.422 e. The summed E-state index contributed by atoms with van der Waals surface area (Å²) in [5, 5.41) is 0.616. The molecule has 0 radical (unpaired) electrons. The number of hydrogen-bond acceptors (Lipinski definition) is 2. The summed E-state index contributed by atoms with van der Waals surface area (Å²) < 4.78 is 18.1. The first kappa shape index (κ1) is 13.6. The van der Waals surface area contributed by atoms with Crippen LogP contribution in [-0.4, -0.2) is 5.97 Å². The summed E-state index contributed by atoms with van der Waals surface area (Å²) in [4.78, 5) is 11.9. The third-order valence-electron chi connectivity index (χ3n) is 3.05. The molecule has 0 spiro atoms. The van der Waals surface area contributed by atoms with Crippen molar-refractivity contribution in [1.29, 1.82) is 0 Å². The molecule has 0 N–H and O–H groups in total. The molecule has 3 rings (SSSR count). The molecule has 0 fully saturated rings. The Morgan fingerprint density at radius 1 is 1.00 bits per heavy atom. The Hall–Kier alpha value is -2.39. The number of esters is 1. The number of halogens is 2. The van der Waals surface area contributed by atoms with Gasteiger partial charge in [-0.3, -0.25) is 0 Å². The van der Waals surface area contributed by atoms with Crippen molar-refractivity contribution in [3.63, 3.8) is 0 Å². The van der Waals surface area contributed by atoms with Gasteiger partial charge < -0.3 is 4.74 Å². The fourth-order valence-electron chi connectivity index (χ4n) is 1.98. The molecule has 0 aromatic heterocycles. The van der Waals surface area contributed by atoms with E-state index in [1.165, 1.54) is 12.1 Å². The van der Waals surface area contributed by atoms with Gasteiger partial charge in [-0.2, -0.15) is 0 Å². The van der Waals surface area contributed by atoms with Crippen molar-refractivity contribution >= 4 is 29.4 Å². The molecule has 0 saturated carbocycles. The molecule has 104 valence electrons. The second kappa shape index (κ2) is 5.54. The number of benzene rings is 2. The van der Waals surface area contributed by atoms with Crippen molar-refractivity contribution in [2.75, 3.05) is 0 Å². The molecule has 1 heterocycles. The monoisotopic (exact) mass is 300 g/mol. The fourth-order valence-corrected chi connectivity index (χ4v) is 2.11. The molecule has 0 saturated heterocycles. The van der Waals surface area contributed by atoms with Crippen LogP contribution in [0.25, 0.3) is 11.8 Å². The highest BCUT2D eigenvalue weighted by atomic mass is 35.5. The standard InChI is InChI=1S/C17H10ClFO2/c18-14-5-3-12(4-6-14)16-10-13(17(20)21-16)9-11-1-7-15(19)8-2-11/h1-10H/b13-9-. The third kappa shape index (κ3) is 3.03. The Balaban J connectivity index is 1.91. The van der Waals surface area contributed by atoms with Crippen LogP contribution in [0.3, 0.4) is 0 Å². The average Bonchev–Trinajstić information content (AvgIpc) is 2.83. The molecule has 0 amide bonds. The molecule has 0 atom stereocenters. The van der Waals surface area contributed by atoms with Crippen LogP contribution in [0.4, 0.5) is 4.39 Å². The first-order valence-electron chi connectivity index (χ1n) is 6.29. The summed E-state index contributed by atoms with van der Waals surface area (Å²) in [6.45, 7) is 0. The second-order valence-electron chi connectivity index (χ2n) is 4.56. The predicted octanol–water partition coefficient (Wildman–Crippen LogP) is 4.46. The average molecular weight is 301 g/mol. The lowest BCUT2D eigenvalue weighted by Crippen LogP contribution is -1.97. The van der Waals surface area contributed by atoms with Crippen molar-refractivity contribution in [3.8, 4) is 0 Å². The van der Waals surface area contributed by atoms with Gasteiger partial charge >= 0.3 is 5.97 Å². The van der Waals surface area contributed by atoms with Crippen LogP contribution in [0, 0.1) is 5.82 Å². The van der Waals surface area contributed by atoms with E-state index in [2.05, 4.69) is 0 Å². The number of cyclic esters (lactones) is 1. The Kier molecular flexibility index (Phi) is 3.59. The fraction of sp³-hybridized carbons (Fsp3) is 0. The highest BCUT2D eigenvalue weighted by Gasteiger charge is 2.21. The summed E-state index contributed by atoms with van der Waals surface area (Å²) in [6.07, 6.45) is 3.32. The van der Waals surface area contributed by atoms with Gasteiger partial charge in [0.15, 0.2) is 0 Å². The highest BCUT2D eigenvalue weighted by Crippen LogP contribution is 2.28. The number of hydrogen-bond donors (Lipinski definition) is 0. The topological polar surface area (TPSA) is 26.3 Å². The Labute approximate surface area is 126 Å². The SMILES string of the molecule is O=C1OC(c2ccc(Cl)cc2)=C/C1=C/c1ccc(F)cc1. The number of carbonyl (C=O) groups is 1. The van der Waals surface area contributed by atoms with Gasteiger partial charge in [-0.25, -0.2) is 9.18 Å². The summed E-state index contributed by atoms with van der Waals surface area (Å²) in [7, 11) is 0. The maximum Gasteiger partial charge on any atom is 0.343 e. The Morgan fingerprint density at radius 3 is 2.33 bits per heavy atom. The molecule has 0 bridgehead atoms. The van der Waals surface area contributed by atoms with Gasteiger partial charge in [0.25, 0.3) is 0 Å². The highest BCUT2D eigenvalue weighted by molar-refractivity contribution is 6.30. The van der Waals surface area contributed by atoms with Crippen LogP contribution in [-0.2, 0) is 9.53 Å². The van der Waals surface area contributed by atoms with E-state index in [1.807, 2.05) is 0 Å².